The lowest BCUT2D eigenvalue weighted by Gasteiger charge is -2.24. The second kappa shape index (κ2) is 15.0. The summed E-state index contributed by atoms with van der Waals surface area (Å²) < 4.78 is 2.54. The van der Waals surface area contributed by atoms with Gasteiger partial charge in [-0.2, -0.15) is 0 Å². The van der Waals surface area contributed by atoms with Gasteiger partial charge in [0.15, 0.2) is 0 Å². The number of allylic oxidation sites excluding steroid dienone is 2. The lowest BCUT2D eigenvalue weighted by atomic mass is 9.81. The summed E-state index contributed by atoms with van der Waals surface area (Å²) in [6.07, 6.45) is 1.85. The first-order valence-corrected chi connectivity index (χ1v) is 19.5. The van der Waals surface area contributed by atoms with Gasteiger partial charge in [-0.3, -0.25) is 4.99 Å². The van der Waals surface area contributed by atoms with Crippen LogP contribution < -0.4 is 0 Å². The first kappa shape index (κ1) is 36.5. The fourth-order valence-electron chi connectivity index (χ4n) is 8.60. The molecule has 0 N–H and O–H groups in total. The Morgan fingerprint density at radius 2 is 1.09 bits per heavy atom. The molecule has 0 saturated heterocycles. The van der Waals surface area contributed by atoms with Crippen molar-refractivity contribution in [3.8, 4) is 27.9 Å². The van der Waals surface area contributed by atoms with Crippen LogP contribution in [0, 0.1) is 13.8 Å². The molecule has 8 aromatic rings. The van der Waals surface area contributed by atoms with Crippen molar-refractivity contribution < 1.29 is 0 Å². The Balaban J connectivity index is 0.000000188. The smallest absolute Gasteiger partial charge is 0.0734 e. The van der Waals surface area contributed by atoms with Crippen LogP contribution in [0.25, 0.3) is 55.4 Å². The topological polar surface area (TPSA) is 17.3 Å². The van der Waals surface area contributed by atoms with Gasteiger partial charge in [-0.25, -0.2) is 0 Å². The Labute approximate surface area is 331 Å². The number of aromatic nitrogens is 1. The molecule has 0 saturated carbocycles. The van der Waals surface area contributed by atoms with E-state index in [2.05, 4.69) is 166 Å². The van der Waals surface area contributed by atoms with E-state index in [0.29, 0.717) is 0 Å². The minimum Gasteiger partial charge on any atom is -0.309 e. The summed E-state index contributed by atoms with van der Waals surface area (Å²) >= 11 is 0. The number of aliphatic imine (C=N–C) groups is 1. The molecule has 0 unspecified atom stereocenters. The van der Waals surface area contributed by atoms with Gasteiger partial charge in [-0.05, 0) is 95.5 Å². The normalized spacial score (nSPS) is 13.4. The van der Waals surface area contributed by atoms with Crippen molar-refractivity contribution in [2.45, 2.75) is 47.0 Å². The summed E-state index contributed by atoms with van der Waals surface area (Å²) in [6, 6.07) is 58.3. The predicted octanol–water partition coefficient (Wildman–Crippen LogP) is 14.5. The maximum Gasteiger partial charge on any atom is 0.0734 e. The molecule has 1 aliphatic carbocycles. The van der Waals surface area contributed by atoms with E-state index in [1.807, 2.05) is 56.3 Å². The molecule has 0 amide bonds. The molecule has 0 spiro atoms. The zero-order valence-corrected chi connectivity index (χ0v) is 33.3. The first-order chi connectivity index (χ1) is 27.2. The van der Waals surface area contributed by atoms with Crippen molar-refractivity contribution in [3.63, 3.8) is 0 Å². The van der Waals surface area contributed by atoms with E-state index in [0.717, 1.165) is 28.1 Å². The van der Waals surface area contributed by atoms with Gasteiger partial charge >= 0.3 is 0 Å². The van der Waals surface area contributed by atoms with E-state index in [1.165, 1.54) is 72.0 Å². The van der Waals surface area contributed by atoms with E-state index in [9.17, 15) is 0 Å². The largest absolute Gasteiger partial charge is 0.309 e. The van der Waals surface area contributed by atoms with Crippen molar-refractivity contribution in [1.82, 2.24) is 4.57 Å². The quantitative estimate of drug-likeness (QED) is 0.120. The van der Waals surface area contributed by atoms with Gasteiger partial charge in [0, 0.05) is 33.1 Å². The highest BCUT2D eigenvalue weighted by atomic mass is 15.0. The van der Waals surface area contributed by atoms with Crippen LogP contribution in [0.5, 0.6) is 0 Å². The van der Waals surface area contributed by atoms with E-state index >= 15 is 0 Å². The molecule has 0 radical (unpaired) electrons. The molecule has 0 aliphatic heterocycles. The molecule has 0 bridgehead atoms. The standard InChI is InChI=1S/C35H29N.C19H19N/c1-22-12-8-9-15-25(22)26-18-20-29-30-21-19-28-27-16-10-11-17-31(27)35(3,4)32(28)34(30)36(33(29)23(26)2)24-13-6-5-7-14-24;1-4-15(2)19(18-13-9-6-10-14-18)20-16(3)17-11-7-5-8-12-17/h5-21H,1-4H3;4-14H,1H2,2-3H3/b;19-15-,20-16?. The number of para-hydroxylation sites is 1. The third kappa shape index (κ3) is 6.31. The number of hydrogen-bond donors (Lipinski definition) is 0. The molecule has 0 fully saturated rings. The summed E-state index contributed by atoms with van der Waals surface area (Å²) in [5, 5.41) is 2.64. The molecular weight excluding hydrogens is 677 g/mol. The number of hydrogen-bond acceptors (Lipinski definition) is 1. The Morgan fingerprint density at radius 1 is 0.554 bits per heavy atom. The SMILES string of the molecule is C=C/C(C)=C(\N=C(C)c1ccccc1)c1ccccc1.Cc1ccccc1-c1ccc2c3ccc4c(c3n(-c3ccccc3)c2c1C)C(C)(C)c1ccccc1-4. The average molecular weight is 725 g/mol. The van der Waals surface area contributed by atoms with Crippen LogP contribution in [0.1, 0.15) is 61.1 Å². The van der Waals surface area contributed by atoms with Crippen LogP contribution in [0.2, 0.25) is 0 Å². The maximum absolute atomic E-state index is 4.81. The number of fused-ring (bicyclic) bond motifs is 7. The van der Waals surface area contributed by atoms with Crippen LogP contribution in [-0.2, 0) is 5.41 Å². The van der Waals surface area contributed by atoms with Gasteiger partial charge in [0.05, 0.1) is 16.7 Å². The maximum atomic E-state index is 4.81. The van der Waals surface area contributed by atoms with Crippen molar-refractivity contribution in [1.29, 1.82) is 0 Å². The van der Waals surface area contributed by atoms with E-state index in [1.54, 1.807) is 0 Å². The highest BCUT2D eigenvalue weighted by Gasteiger charge is 2.38. The van der Waals surface area contributed by atoms with Gasteiger partial charge in [0.25, 0.3) is 0 Å². The van der Waals surface area contributed by atoms with Gasteiger partial charge in [-0.15, -0.1) is 0 Å². The lowest BCUT2D eigenvalue weighted by Crippen LogP contribution is -2.16. The van der Waals surface area contributed by atoms with Crippen molar-refractivity contribution in [3.05, 3.63) is 215 Å². The molecule has 1 heterocycles. The fourth-order valence-corrected chi connectivity index (χ4v) is 8.60. The second-order valence-corrected chi connectivity index (χ2v) is 15.3. The number of benzene rings is 7. The van der Waals surface area contributed by atoms with Gasteiger partial charge in [0.1, 0.15) is 0 Å². The van der Waals surface area contributed by atoms with Gasteiger partial charge in [0.2, 0.25) is 0 Å². The molecule has 1 aliphatic rings. The zero-order chi connectivity index (χ0) is 39.0. The Bertz CT molecular complexity index is 2800. The summed E-state index contributed by atoms with van der Waals surface area (Å²) in [4.78, 5) is 4.81. The fraction of sp³-hybridized carbons (Fsp3) is 0.130. The highest BCUT2D eigenvalue weighted by molar-refractivity contribution is 6.15. The molecule has 2 nitrogen and oxygen atoms in total. The Morgan fingerprint density at radius 3 is 1.73 bits per heavy atom. The van der Waals surface area contributed by atoms with Crippen molar-refractivity contribution in [2.24, 2.45) is 4.99 Å². The van der Waals surface area contributed by atoms with Gasteiger partial charge < -0.3 is 4.57 Å². The molecule has 56 heavy (non-hydrogen) atoms. The monoisotopic (exact) mass is 724 g/mol. The van der Waals surface area contributed by atoms with Crippen LogP contribution in [0.3, 0.4) is 0 Å². The summed E-state index contributed by atoms with van der Waals surface area (Å²) in [7, 11) is 0. The van der Waals surface area contributed by atoms with Gasteiger partial charge in [-0.1, -0.05) is 178 Å². The molecule has 7 aromatic carbocycles. The van der Waals surface area contributed by atoms with E-state index in [-0.39, 0.29) is 5.41 Å². The summed E-state index contributed by atoms with van der Waals surface area (Å²) in [6.45, 7) is 17.2. The van der Waals surface area contributed by atoms with Crippen LogP contribution >= 0.6 is 0 Å². The lowest BCUT2D eigenvalue weighted by molar-refractivity contribution is 0.664. The molecule has 0 atom stereocenters. The van der Waals surface area contributed by atoms with Crippen molar-refractivity contribution in [2.75, 3.05) is 0 Å². The predicted molar refractivity (Wildman–Crippen MR) is 241 cm³/mol. The van der Waals surface area contributed by atoms with Crippen molar-refractivity contribution >= 4 is 33.2 Å². The summed E-state index contributed by atoms with van der Waals surface area (Å²) in [5.74, 6) is 0. The average Bonchev–Trinajstić information content (AvgIpc) is 3.70. The molecule has 1 aromatic heterocycles. The molecule has 2 heteroatoms. The number of rotatable bonds is 6. The van der Waals surface area contributed by atoms with Crippen LogP contribution in [0.15, 0.2) is 187 Å². The molecule has 274 valence electrons. The number of aryl methyl sites for hydroxylation is 2. The minimum absolute atomic E-state index is 0.0842. The molecule has 9 rings (SSSR count). The summed E-state index contributed by atoms with van der Waals surface area (Å²) in [5.41, 5.74) is 19.9. The zero-order valence-electron chi connectivity index (χ0n) is 33.3. The first-order valence-electron chi connectivity index (χ1n) is 19.5. The Kier molecular flexibility index (Phi) is 9.74. The second-order valence-electron chi connectivity index (χ2n) is 15.3. The third-order valence-electron chi connectivity index (χ3n) is 11.5. The van der Waals surface area contributed by atoms with E-state index in [4.69, 9.17) is 4.99 Å². The molecular formula is C54H48N2. The van der Waals surface area contributed by atoms with E-state index < -0.39 is 0 Å². The third-order valence-corrected chi connectivity index (χ3v) is 11.5. The Hall–Kier alpha value is -6.51. The van der Waals surface area contributed by atoms with Crippen LogP contribution in [0.4, 0.5) is 0 Å². The number of nitrogens with zero attached hydrogens (tertiary/aromatic N) is 2. The highest BCUT2D eigenvalue weighted by Crippen LogP contribution is 2.53. The van der Waals surface area contributed by atoms with Crippen LogP contribution in [-0.4, -0.2) is 10.3 Å². The minimum atomic E-state index is -0.0842.